The third-order valence-electron chi connectivity index (χ3n) is 7.57. The topological polar surface area (TPSA) is 85.1 Å². The van der Waals surface area contributed by atoms with Gasteiger partial charge in [-0.15, -0.1) is 0 Å². The van der Waals surface area contributed by atoms with Gasteiger partial charge in [-0.3, -0.25) is 14.6 Å². The predicted octanol–water partition coefficient (Wildman–Crippen LogP) is 4.44. The lowest BCUT2D eigenvalue weighted by Crippen LogP contribution is -2.37. The summed E-state index contributed by atoms with van der Waals surface area (Å²) in [6, 6.07) is 18.1. The Morgan fingerprint density at radius 3 is 1.67 bits per heavy atom. The monoisotopic (exact) mass is 475 g/mol. The van der Waals surface area contributed by atoms with Gasteiger partial charge in [-0.2, -0.15) is 0 Å². The van der Waals surface area contributed by atoms with E-state index in [2.05, 4.69) is 39.2 Å². The second kappa shape index (κ2) is 8.09. The van der Waals surface area contributed by atoms with Gasteiger partial charge in [0, 0.05) is 95.7 Å². The Morgan fingerprint density at radius 2 is 1.17 bits per heavy atom. The SMILES string of the molecule is O=C(c1cncc(C(=O)N2CCc3[nH]c4ccccc4c3C2)c1)N1CCc2[nH]c3ccccc3c2C1. The fourth-order valence-corrected chi connectivity index (χ4v) is 5.72. The molecule has 0 bridgehead atoms. The van der Waals surface area contributed by atoms with E-state index in [0.29, 0.717) is 37.3 Å². The van der Waals surface area contributed by atoms with Crippen LogP contribution in [0, 0.1) is 0 Å². The molecule has 7 heteroatoms. The van der Waals surface area contributed by atoms with Crippen molar-refractivity contribution in [2.45, 2.75) is 25.9 Å². The van der Waals surface area contributed by atoms with Gasteiger partial charge in [-0.05, 0) is 18.2 Å². The number of fused-ring (bicyclic) bond motifs is 6. The lowest BCUT2D eigenvalue weighted by atomic mass is 10.0. The van der Waals surface area contributed by atoms with Gasteiger partial charge in [-0.25, -0.2) is 0 Å². The maximum atomic E-state index is 13.4. The van der Waals surface area contributed by atoms with Gasteiger partial charge >= 0.3 is 0 Å². The Labute approximate surface area is 207 Å². The van der Waals surface area contributed by atoms with Crippen molar-refractivity contribution >= 4 is 33.6 Å². The van der Waals surface area contributed by atoms with Crippen molar-refractivity contribution in [3.05, 3.63) is 101 Å². The number of rotatable bonds is 2. The average Bonchev–Trinajstić information content (AvgIpc) is 3.49. The Hall–Kier alpha value is -4.39. The first-order valence-electron chi connectivity index (χ1n) is 12.4. The highest BCUT2D eigenvalue weighted by molar-refractivity contribution is 6.00. The number of nitrogens with zero attached hydrogens (tertiary/aromatic N) is 3. The molecule has 0 atom stereocenters. The van der Waals surface area contributed by atoms with E-state index in [1.165, 1.54) is 22.5 Å². The normalized spacial score (nSPS) is 15.2. The van der Waals surface area contributed by atoms with E-state index in [4.69, 9.17) is 0 Å². The molecule has 5 aromatic rings. The van der Waals surface area contributed by atoms with E-state index >= 15 is 0 Å². The van der Waals surface area contributed by atoms with Crippen LogP contribution in [0.1, 0.15) is 43.2 Å². The van der Waals surface area contributed by atoms with Crippen LogP contribution in [0.25, 0.3) is 21.8 Å². The Bertz CT molecular complexity index is 1540. The van der Waals surface area contributed by atoms with Gasteiger partial charge in [0.15, 0.2) is 0 Å². The molecule has 36 heavy (non-hydrogen) atoms. The van der Waals surface area contributed by atoms with Crippen molar-refractivity contribution in [1.29, 1.82) is 0 Å². The van der Waals surface area contributed by atoms with Gasteiger partial charge in [0.2, 0.25) is 0 Å². The Morgan fingerprint density at radius 1 is 0.694 bits per heavy atom. The zero-order valence-electron chi connectivity index (χ0n) is 19.8. The van der Waals surface area contributed by atoms with Crippen LogP contribution < -0.4 is 0 Å². The summed E-state index contributed by atoms with van der Waals surface area (Å²) in [6.07, 6.45) is 4.70. The number of benzene rings is 2. The molecule has 0 fully saturated rings. The molecule has 0 spiro atoms. The maximum absolute atomic E-state index is 13.4. The highest BCUT2D eigenvalue weighted by Gasteiger charge is 2.28. The van der Waals surface area contributed by atoms with E-state index < -0.39 is 0 Å². The smallest absolute Gasteiger partial charge is 0.255 e. The quantitative estimate of drug-likeness (QED) is 0.396. The fraction of sp³-hybridized carbons (Fsp3) is 0.207. The van der Waals surface area contributed by atoms with E-state index in [1.807, 2.05) is 34.1 Å². The molecule has 0 unspecified atom stereocenters. The largest absolute Gasteiger partial charge is 0.358 e. The molecule has 7 nitrogen and oxygen atoms in total. The van der Waals surface area contributed by atoms with Gasteiger partial charge in [0.25, 0.3) is 11.8 Å². The summed E-state index contributed by atoms with van der Waals surface area (Å²) in [5, 5.41) is 2.32. The van der Waals surface area contributed by atoms with Crippen molar-refractivity contribution in [2.75, 3.05) is 13.1 Å². The standard InChI is InChI=1S/C29H25N5O2/c35-28(33-11-9-26-22(16-33)20-5-1-3-7-24(20)31-26)18-13-19(15-30-14-18)29(36)34-12-10-27-23(17-34)21-6-2-4-8-25(21)32-27/h1-8,13-15,31-32H,9-12,16-17H2. The highest BCUT2D eigenvalue weighted by atomic mass is 16.2. The summed E-state index contributed by atoms with van der Waals surface area (Å²) in [7, 11) is 0. The number of carbonyl (C=O) groups excluding carboxylic acids is 2. The van der Waals surface area contributed by atoms with Gasteiger partial charge in [0.1, 0.15) is 0 Å². The first kappa shape index (κ1) is 20.9. The molecule has 3 aromatic heterocycles. The summed E-state index contributed by atoms with van der Waals surface area (Å²) >= 11 is 0. The van der Waals surface area contributed by atoms with Crippen LogP contribution in [0.4, 0.5) is 0 Å². The molecular formula is C29H25N5O2. The number of nitrogens with one attached hydrogen (secondary N) is 2. The number of para-hydroxylation sites is 2. The van der Waals surface area contributed by atoms with E-state index in [9.17, 15) is 9.59 Å². The van der Waals surface area contributed by atoms with Crippen LogP contribution in [0.5, 0.6) is 0 Å². The molecule has 0 saturated carbocycles. The molecule has 2 N–H and O–H groups in total. The summed E-state index contributed by atoms with van der Waals surface area (Å²) in [5.74, 6) is -0.184. The van der Waals surface area contributed by atoms with Crippen molar-refractivity contribution in [3.8, 4) is 0 Å². The minimum Gasteiger partial charge on any atom is -0.358 e. The summed E-state index contributed by atoms with van der Waals surface area (Å²) in [5.41, 5.74) is 7.86. The first-order chi connectivity index (χ1) is 17.7. The molecule has 2 aliphatic heterocycles. The molecule has 2 amide bonds. The third-order valence-corrected chi connectivity index (χ3v) is 7.57. The van der Waals surface area contributed by atoms with Crippen molar-refractivity contribution in [2.24, 2.45) is 0 Å². The molecule has 0 saturated heterocycles. The number of aromatic nitrogens is 3. The number of amides is 2. The highest BCUT2D eigenvalue weighted by Crippen LogP contribution is 2.30. The zero-order chi connectivity index (χ0) is 24.2. The number of hydrogen-bond acceptors (Lipinski definition) is 3. The van der Waals surface area contributed by atoms with Gasteiger partial charge in [0.05, 0.1) is 11.1 Å². The van der Waals surface area contributed by atoms with Crippen LogP contribution in [-0.4, -0.2) is 49.7 Å². The van der Waals surface area contributed by atoms with Crippen LogP contribution in [0.3, 0.4) is 0 Å². The molecule has 178 valence electrons. The molecule has 0 radical (unpaired) electrons. The van der Waals surface area contributed by atoms with Crippen molar-refractivity contribution < 1.29 is 9.59 Å². The van der Waals surface area contributed by atoms with Gasteiger partial charge < -0.3 is 19.8 Å². The summed E-state index contributed by atoms with van der Waals surface area (Å²) < 4.78 is 0. The van der Waals surface area contributed by atoms with Crippen LogP contribution >= 0.6 is 0 Å². The summed E-state index contributed by atoms with van der Waals surface area (Å²) in [4.78, 5) is 41.8. The van der Waals surface area contributed by atoms with E-state index in [0.717, 1.165) is 34.6 Å². The average molecular weight is 476 g/mol. The van der Waals surface area contributed by atoms with E-state index in [-0.39, 0.29) is 11.8 Å². The minimum atomic E-state index is -0.0920. The lowest BCUT2D eigenvalue weighted by molar-refractivity contribution is 0.0732. The fourth-order valence-electron chi connectivity index (χ4n) is 5.72. The number of hydrogen-bond donors (Lipinski definition) is 2. The molecule has 2 aromatic carbocycles. The second-order valence-corrected chi connectivity index (χ2v) is 9.67. The van der Waals surface area contributed by atoms with Crippen molar-refractivity contribution in [1.82, 2.24) is 24.8 Å². The molecule has 7 rings (SSSR count). The minimum absolute atomic E-state index is 0.0920. The van der Waals surface area contributed by atoms with Crippen LogP contribution in [0.2, 0.25) is 0 Å². The number of aromatic amines is 2. The lowest BCUT2D eigenvalue weighted by Gasteiger charge is -2.28. The molecule has 0 aliphatic carbocycles. The number of H-pyrrole nitrogens is 2. The Balaban J connectivity index is 1.13. The molecular weight excluding hydrogens is 450 g/mol. The van der Waals surface area contributed by atoms with Crippen LogP contribution in [-0.2, 0) is 25.9 Å². The zero-order valence-corrected chi connectivity index (χ0v) is 19.8. The first-order valence-corrected chi connectivity index (χ1v) is 12.4. The molecule has 2 aliphatic rings. The predicted molar refractivity (Wildman–Crippen MR) is 138 cm³/mol. The second-order valence-electron chi connectivity index (χ2n) is 9.67. The third kappa shape index (κ3) is 3.31. The number of pyridine rings is 1. The van der Waals surface area contributed by atoms with E-state index in [1.54, 1.807) is 18.5 Å². The molecule has 5 heterocycles. The maximum Gasteiger partial charge on any atom is 0.255 e. The van der Waals surface area contributed by atoms with Crippen molar-refractivity contribution in [3.63, 3.8) is 0 Å². The van der Waals surface area contributed by atoms with Gasteiger partial charge in [-0.1, -0.05) is 36.4 Å². The van der Waals surface area contributed by atoms with Crippen LogP contribution in [0.15, 0.2) is 67.0 Å². The number of carbonyl (C=O) groups is 2. The Kier molecular flexibility index (Phi) is 4.70. The summed E-state index contributed by atoms with van der Waals surface area (Å²) in [6.45, 7) is 2.36.